The number of aryl methyl sites for hydroxylation is 1. The molecule has 1 aromatic rings. The molecule has 0 spiro atoms. The summed E-state index contributed by atoms with van der Waals surface area (Å²) in [5, 5.41) is 1.19. The number of thiazole rings is 1. The highest BCUT2D eigenvalue weighted by Crippen LogP contribution is 2.20. The van der Waals surface area contributed by atoms with Gasteiger partial charge in [-0.1, -0.05) is 11.3 Å². The molecule has 3 heteroatoms. The maximum Gasteiger partial charge on any atom is 0.154 e. The van der Waals surface area contributed by atoms with E-state index in [0.29, 0.717) is 0 Å². The molecule has 9 heavy (non-hydrogen) atoms. The van der Waals surface area contributed by atoms with E-state index in [2.05, 4.69) is 10.5 Å². The van der Waals surface area contributed by atoms with Crippen molar-refractivity contribution in [1.82, 2.24) is 4.98 Å². The second kappa shape index (κ2) is 2.35. The number of rotatable bonds is 1. The second-order valence-corrected chi connectivity index (χ2v) is 2.86. The minimum absolute atomic E-state index is 1.06. The fraction of sp³-hybridized carbons (Fsp3) is 0.500. The molecule has 0 aliphatic heterocycles. The van der Waals surface area contributed by atoms with Crippen LogP contribution < -0.4 is 4.90 Å². The van der Waals surface area contributed by atoms with Crippen LogP contribution in [-0.2, 0) is 0 Å². The molecule has 0 aromatic carbocycles. The van der Waals surface area contributed by atoms with E-state index >= 15 is 0 Å². The van der Waals surface area contributed by atoms with Crippen molar-refractivity contribution in [2.45, 2.75) is 6.92 Å². The van der Waals surface area contributed by atoms with Gasteiger partial charge in [0.2, 0.25) is 0 Å². The average Bonchev–Trinajstić information content (AvgIpc) is 2.13. The van der Waals surface area contributed by atoms with E-state index in [0.717, 1.165) is 5.69 Å². The highest BCUT2D eigenvalue weighted by molar-refractivity contribution is 7.13. The van der Waals surface area contributed by atoms with E-state index in [9.17, 15) is 0 Å². The normalized spacial score (nSPS) is 9.67. The Balaban J connectivity index is 2.94. The zero-order chi connectivity index (χ0) is 6.85. The van der Waals surface area contributed by atoms with Gasteiger partial charge in [0.25, 0.3) is 0 Å². The zero-order valence-electron chi connectivity index (χ0n) is 5.80. The highest BCUT2D eigenvalue weighted by Gasteiger charge is 2.00. The largest absolute Gasteiger partial charge is 0.368 e. The van der Waals surface area contributed by atoms with Crippen LogP contribution in [0.15, 0.2) is 0 Å². The molecule has 1 aromatic heterocycles. The van der Waals surface area contributed by atoms with E-state index in [1.54, 1.807) is 11.3 Å². The van der Waals surface area contributed by atoms with Gasteiger partial charge in [-0.25, -0.2) is 4.98 Å². The fourth-order valence-electron chi connectivity index (χ4n) is 0.671. The Morgan fingerprint density at radius 3 is 2.44 bits per heavy atom. The number of aromatic nitrogens is 1. The summed E-state index contributed by atoms with van der Waals surface area (Å²) >= 11 is 1.55. The van der Waals surface area contributed by atoms with Crippen molar-refractivity contribution >= 4 is 16.3 Å². The Morgan fingerprint density at radius 1 is 1.56 bits per heavy atom. The summed E-state index contributed by atoms with van der Waals surface area (Å²) < 4.78 is 0. The van der Waals surface area contributed by atoms with Crippen molar-refractivity contribution in [1.29, 1.82) is 0 Å². The molecule has 1 radical (unpaired) electrons. The molecule has 1 heterocycles. The summed E-state index contributed by atoms with van der Waals surface area (Å²) in [7, 11) is 4.02. The molecule has 0 N–H and O–H groups in total. The SMILES string of the molecule is Cc1n[c]sc1N(C)C. The predicted octanol–water partition coefficient (Wildman–Crippen LogP) is 1.32. The molecule has 0 amide bonds. The molecule has 0 bridgehead atoms. The minimum Gasteiger partial charge on any atom is -0.368 e. The maximum atomic E-state index is 3.99. The van der Waals surface area contributed by atoms with E-state index in [-0.39, 0.29) is 0 Å². The third kappa shape index (κ3) is 1.21. The van der Waals surface area contributed by atoms with Crippen molar-refractivity contribution in [3.8, 4) is 0 Å². The molecule has 0 atom stereocenters. The quantitative estimate of drug-likeness (QED) is 0.586. The Morgan fingerprint density at radius 2 is 2.22 bits per heavy atom. The third-order valence-corrected chi connectivity index (χ3v) is 2.11. The average molecular weight is 141 g/mol. The van der Waals surface area contributed by atoms with E-state index < -0.39 is 0 Å². The molecule has 0 saturated heterocycles. The van der Waals surface area contributed by atoms with Crippen LogP contribution in [0.1, 0.15) is 5.69 Å². The first-order valence-corrected chi connectivity index (χ1v) is 3.54. The van der Waals surface area contributed by atoms with Crippen molar-refractivity contribution in [3.05, 3.63) is 11.2 Å². The lowest BCUT2D eigenvalue weighted by Gasteiger charge is -2.08. The second-order valence-electron chi connectivity index (χ2n) is 2.09. The third-order valence-electron chi connectivity index (χ3n) is 1.07. The van der Waals surface area contributed by atoms with Gasteiger partial charge in [-0.15, -0.1) is 0 Å². The minimum atomic E-state index is 1.06. The number of hydrogen-bond donors (Lipinski definition) is 0. The lowest BCUT2D eigenvalue weighted by Crippen LogP contribution is -2.07. The maximum absolute atomic E-state index is 3.99. The zero-order valence-corrected chi connectivity index (χ0v) is 6.62. The lowest BCUT2D eigenvalue weighted by atomic mass is 10.5. The van der Waals surface area contributed by atoms with Crippen LogP contribution in [0.3, 0.4) is 0 Å². The summed E-state index contributed by atoms with van der Waals surface area (Å²) in [6.45, 7) is 1.99. The molecule has 2 nitrogen and oxygen atoms in total. The van der Waals surface area contributed by atoms with Gasteiger partial charge in [0.05, 0.1) is 5.69 Å². The summed E-state index contributed by atoms with van der Waals surface area (Å²) in [5.41, 5.74) is 3.89. The van der Waals surface area contributed by atoms with E-state index in [1.807, 2.05) is 25.9 Å². The van der Waals surface area contributed by atoms with Crippen LogP contribution in [0.25, 0.3) is 0 Å². The molecule has 0 unspecified atom stereocenters. The lowest BCUT2D eigenvalue weighted by molar-refractivity contribution is 1.12. The van der Waals surface area contributed by atoms with Crippen molar-refractivity contribution in [2.24, 2.45) is 0 Å². The molecule has 0 saturated carbocycles. The monoisotopic (exact) mass is 141 g/mol. The summed E-state index contributed by atoms with van der Waals surface area (Å²) in [4.78, 5) is 6.03. The Hall–Kier alpha value is -0.570. The molecule has 0 aliphatic carbocycles. The molecular formula is C6H9N2S. The number of anilines is 1. The fourth-order valence-corrected chi connectivity index (χ4v) is 1.32. The van der Waals surface area contributed by atoms with Crippen molar-refractivity contribution in [2.75, 3.05) is 19.0 Å². The van der Waals surface area contributed by atoms with Gasteiger partial charge in [-0.05, 0) is 6.92 Å². The summed E-state index contributed by atoms with van der Waals surface area (Å²) in [5.74, 6) is 0. The molecular weight excluding hydrogens is 132 g/mol. The van der Waals surface area contributed by atoms with Crippen LogP contribution >= 0.6 is 11.3 Å². The molecule has 0 aliphatic rings. The van der Waals surface area contributed by atoms with E-state index in [1.165, 1.54) is 5.00 Å². The molecule has 0 fully saturated rings. The van der Waals surface area contributed by atoms with Gasteiger partial charge in [0.1, 0.15) is 5.00 Å². The smallest absolute Gasteiger partial charge is 0.154 e. The Bertz CT molecular complexity index is 193. The van der Waals surface area contributed by atoms with Crippen LogP contribution in [0, 0.1) is 12.4 Å². The van der Waals surface area contributed by atoms with Crippen molar-refractivity contribution < 1.29 is 0 Å². The Labute approximate surface area is 59.1 Å². The van der Waals surface area contributed by atoms with Gasteiger partial charge < -0.3 is 4.90 Å². The van der Waals surface area contributed by atoms with Gasteiger partial charge in [-0.2, -0.15) is 0 Å². The van der Waals surface area contributed by atoms with Crippen LogP contribution in [0.2, 0.25) is 0 Å². The highest BCUT2D eigenvalue weighted by atomic mass is 32.1. The molecule has 49 valence electrons. The van der Waals surface area contributed by atoms with Crippen LogP contribution in [0.5, 0.6) is 0 Å². The predicted molar refractivity (Wildman–Crippen MR) is 40.0 cm³/mol. The summed E-state index contributed by atoms with van der Waals surface area (Å²) in [6, 6.07) is 0. The Kier molecular flexibility index (Phi) is 1.71. The number of nitrogens with zero attached hydrogens (tertiary/aromatic N) is 2. The first-order chi connectivity index (χ1) is 4.22. The van der Waals surface area contributed by atoms with Crippen LogP contribution in [-0.4, -0.2) is 19.1 Å². The van der Waals surface area contributed by atoms with Gasteiger partial charge in [-0.3, -0.25) is 0 Å². The number of hydrogen-bond acceptors (Lipinski definition) is 3. The van der Waals surface area contributed by atoms with Crippen molar-refractivity contribution in [3.63, 3.8) is 0 Å². The molecule has 1 rings (SSSR count). The topological polar surface area (TPSA) is 16.1 Å². The summed E-state index contributed by atoms with van der Waals surface area (Å²) in [6.07, 6.45) is 0. The first-order valence-electron chi connectivity index (χ1n) is 2.72. The van der Waals surface area contributed by atoms with Crippen LogP contribution in [0.4, 0.5) is 5.00 Å². The van der Waals surface area contributed by atoms with Gasteiger partial charge in [0, 0.05) is 14.1 Å². The van der Waals surface area contributed by atoms with Gasteiger partial charge >= 0.3 is 0 Å². The van der Waals surface area contributed by atoms with E-state index in [4.69, 9.17) is 0 Å². The standard InChI is InChI=1S/C6H9N2S/c1-5-6(8(2)3)9-4-7-5/h1-3H3. The van der Waals surface area contributed by atoms with Gasteiger partial charge in [0.15, 0.2) is 5.51 Å². The first kappa shape index (κ1) is 6.55.